The van der Waals surface area contributed by atoms with E-state index < -0.39 is 0 Å². The minimum atomic E-state index is 0.264. The lowest BCUT2D eigenvalue weighted by atomic mass is 9.82. The van der Waals surface area contributed by atoms with Crippen molar-refractivity contribution in [3.8, 4) is 0 Å². The maximum Gasteiger partial charge on any atom is 0.0397 e. The lowest BCUT2D eigenvalue weighted by Gasteiger charge is -2.33. The van der Waals surface area contributed by atoms with Crippen LogP contribution in [-0.4, -0.2) is 12.6 Å². The Morgan fingerprint density at radius 1 is 1.50 bits per heavy atom. The summed E-state index contributed by atoms with van der Waals surface area (Å²) in [5, 5.41) is 3.63. The van der Waals surface area contributed by atoms with Crippen molar-refractivity contribution in [2.24, 2.45) is 5.92 Å². The topological polar surface area (TPSA) is 12.0 Å². The van der Waals surface area contributed by atoms with Crippen LogP contribution in [-0.2, 0) is 0 Å². The smallest absolute Gasteiger partial charge is 0.0397 e. The van der Waals surface area contributed by atoms with E-state index in [1.165, 1.54) is 37.7 Å². The molecule has 1 N–H and O–H groups in total. The van der Waals surface area contributed by atoms with Crippen LogP contribution >= 0.6 is 0 Å². The average Bonchev–Trinajstić information content (AvgIpc) is 2.80. The Balaban J connectivity index is 2.12. The molecule has 100 valence electrons. The fraction of sp³-hybridized carbons (Fsp3) is 0.647. The average molecular weight is 245 g/mol. The van der Waals surface area contributed by atoms with E-state index in [1.54, 1.807) is 5.57 Å². The Morgan fingerprint density at radius 2 is 2.33 bits per heavy atom. The summed E-state index contributed by atoms with van der Waals surface area (Å²) in [5.74, 6) is 0.850. The van der Waals surface area contributed by atoms with E-state index in [-0.39, 0.29) is 5.54 Å². The molecule has 1 fully saturated rings. The molecule has 0 spiro atoms. The minimum Gasteiger partial charge on any atom is -0.311 e. The van der Waals surface area contributed by atoms with Crippen molar-refractivity contribution < 1.29 is 0 Å². The van der Waals surface area contributed by atoms with Crippen LogP contribution < -0.4 is 5.32 Å². The Bertz CT molecular complexity index is 375. The zero-order chi connectivity index (χ0) is 13.0. The molecule has 0 amide bonds. The van der Waals surface area contributed by atoms with Gasteiger partial charge in [0.2, 0.25) is 0 Å². The van der Waals surface area contributed by atoms with Gasteiger partial charge >= 0.3 is 0 Å². The number of hydrogen-bond donors (Lipinski definition) is 1. The fourth-order valence-electron chi connectivity index (χ4n) is 3.54. The van der Waals surface area contributed by atoms with Crippen LogP contribution in [0.1, 0.15) is 52.4 Å². The summed E-state index contributed by atoms with van der Waals surface area (Å²) in [7, 11) is 2.13. The van der Waals surface area contributed by atoms with E-state index >= 15 is 0 Å². The molecule has 18 heavy (non-hydrogen) atoms. The minimum absolute atomic E-state index is 0.264. The molecule has 2 atom stereocenters. The van der Waals surface area contributed by atoms with Gasteiger partial charge in [-0.25, -0.2) is 0 Å². The van der Waals surface area contributed by atoms with Crippen molar-refractivity contribution >= 4 is 0 Å². The molecule has 0 aromatic heterocycles. The standard InChI is InChI=1S/C17H27N/c1-4-16(12-15-8-6-5-7-9-15)17(18-3)11-10-14(2)13-17/h4,6,8-9,14,18H,5,7,10-13H2,1-3H3/b16-4-. The van der Waals surface area contributed by atoms with Crippen molar-refractivity contribution in [3.05, 3.63) is 35.5 Å². The quantitative estimate of drug-likeness (QED) is 0.725. The molecule has 1 nitrogen and oxygen atoms in total. The highest BCUT2D eigenvalue weighted by Gasteiger charge is 2.38. The monoisotopic (exact) mass is 245 g/mol. The maximum atomic E-state index is 3.63. The van der Waals surface area contributed by atoms with E-state index in [0.29, 0.717) is 0 Å². The van der Waals surface area contributed by atoms with E-state index in [9.17, 15) is 0 Å². The fourth-order valence-corrected chi connectivity index (χ4v) is 3.54. The summed E-state index contributed by atoms with van der Waals surface area (Å²) in [6, 6.07) is 0. The molecule has 0 saturated heterocycles. The van der Waals surface area contributed by atoms with Crippen molar-refractivity contribution in [1.82, 2.24) is 5.32 Å². The molecule has 0 aliphatic heterocycles. The first-order chi connectivity index (χ1) is 8.70. The van der Waals surface area contributed by atoms with Crippen LogP contribution in [0.3, 0.4) is 0 Å². The predicted molar refractivity (Wildman–Crippen MR) is 79.6 cm³/mol. The van der Waals surface area contributed by atoms with Crippen LogP contribution in [0.5, 0.6) is 0 Å². The van der Waals surface area contributed by atoms with Crippen molar-refractivity contribution in [3.63, 3.8) is 0 Å². The maximum absolute atomic E-state index is 3.63. The zero-order valence-electron chi connectivity index (χ0n) is 12.1. The first-order valence-electron chi connectivity index (χ1n) is 7.40. The van der Waals surface area contributed by atoms with Gasteiger partial charge in [0.1, 0.15) is 0 Å². The van der Waals surface area contributed by atoms with Gasteiger partial charge in [0.05, 0.1) is 0 Å². The number of hydrogen-bond acceptors (Lipinski definition) is 1. The van der Waals surface area contributed by atoms with Gasteiger partial charge in [0.15, 0.2) is 0 Å². The Labute approximate surface area is 112 Å². The molecule has 0 heterocycles. The van der Waals surface area contributed by atoms with Crippen molar-refractivity contribution in [2.45, 2.75) is 57.9 Å². The Hall–Kier alpha value is -0.820. The molecule has 0 aromatic carbocycles. The van der Waals surface area contributed by atoms with Crippen LogP contribution in [0.4, 0.5) is 0 Å². The Morgan fingerprint density at radius 3 is 2.83 bits per heavy atom. The lowest BCUT2D eigenvalue weighted by molar-refractivity contribution is 0.401. The highest BCUT2D eigenvalue weighted by atomic mass is 15.0. The summed E-state index contributed by atoms with van der Waals surface area (Å²) in [5.41, 5.74) is 3.36. The van der Waals surface area contributed by atoms with Crippen LogP contribution in [0.2, 0.25) is 0 Å². The number of nitrogens with one attached hydrogen (secondary N) is 1. The van der Waals surface area contributed by atoms with E-state index in [1.807, 2.05) is 0 Å². The number of rotatable bonds is 4. The first kappa shape index (κ1) is 13.6. The molecule has 1 saturated carbocycles. The second-order valence-electron chi connectivity index (χ2n) is 5.93. The molecule has 0 bridgehead atoms. The third-order valence-corrected chi connectivity index (χ3v) is 4.67. The third kappa shape index (κ3) is 2.77. The van der Waals surface area contributed by atoms with Gasteiger partial charge in [-0.05, 0) is 64.0 Å². The SMILES string of the molecule is C/C=C(/CC1=CCCC=C1)C1(NC)CCC(C)C1. The molecular weight excluding hydrogens is 218 g/mol. The highest BCUT2D eigenvalue weighted by Crippen LogP contribution is 2.41. The van der Waals surface area contributed by atoms with Crippen LogP contribution in [0.25, 0.3) is 0 Å². The van der Waals surface area contributed by atoms with Gasteiger partial charge in [-0.2, -0.15) is 0 Å². The van der Waals surface area contributed by atoms with E-state index in [0.717, 1.165) is 12.3 Å². The van der Waals surface area contributed by atoms with E-state index in [2.05, 4.69) is 50.5 Å². The molecular formula is C17H27N. The molecule has 2 unspecified atom stereocenters. The number of allylic oxidation sites excluding steroid dienone is 5. The second-order valence-corrected chi connectivity index (χ2v) is 5.93. The molecule has 2 aliphatic rings. The van der Waals surface area contributed by atoms with Gasteiger partial charge in [0, 0.05) is 5.54 Å². The van der Waals surface area contributed by atoms with E-state index in [4.69, 9.17) is 0 Å². The van der Waals surface area contributed by atoms with Gasteiger partial charge < -0.3 is 5.32 Å². The normalized spacial score (nSPS) is 32.7. The lowest BCUT2D eigenvalue weighted by Crippen LogP contribution is -2.42. The summed E-state index contributed by atoms with van der Waals surface area (Å²) >= 11 is 0. The van der Waals surface area contributed by atoms with Gasteiger partial charge in [-0.1, -0.05) is 36.8 Å². The zero-order valence-corrected chi connectivity index (χ0v) is 12.1. The van der Waals surface area contributed by atoms with Gasteiger partial charge in [-0.15, -0.1) is 0 Å². The van der Waals surface area contributed by atoms with Gasteiger partial charge in [-0.3, -0.25) is 0 Å². The molecule has 2 rings (SSSR count). The van der Waals surface area contributed by atoms with Crippen LogP contribution in [0.15, 0.2) is 35.5 Å². The number of likely N-dealkylation sites (N-methyl/N-ethyl adjacent to an activating group) is 1. The summed E-state index contributed by atoms with van der Waals surface area (Å²) in [6.07, 6.45) is 16.9. The predicted octanol–water partition coefficient (Wildman–Crippen LogP) is 4.38. The molecule has 0 aromatic rings. The third-order valence-electron chi connectivity index (χ3n) is 4.67. The van der Waals surface area contributed by atoms with Gasteiger partial charge in [0.25, 0.3) is 0 Å². The molecule has 2 aliphatic carbocycles. The molecule has 1 heteroatoms. The Kier molecular flexibility index (Phi) is 4.45. The largest absolute Gasteiger partial charge is 0.311 e. The second kappa shape index (κ2) is 5.88. The first-order valence-corrected chi connectivity index (χ1v) is 7.40. The summed E-state index contributed by atoms with van der Waals surface area (Å²) in [6.45, 7) is 4.58. The highest BCUT2D eigenvalue weighted by molar-refractivity contribution is 5.33. The molecule has 0 radical (unpaired) electrons. The van der Waals surface area contributed by atoms with Crippen molar-refractivity contribution in [2.75, 3.05) is 7.05 Å². The van der Waals surface area contributed by atoms with Crippen LogP contribution in [0, 0.1) is 5.92 Å². The summed E-state index contributed by atoms with van der Waals surface area (Å²) < 4.78 is 0. The summed E-state index contributed by atoms with van der Waals surface area (Å²) in [4.78, 5) is 0. The van der Waals surface area contributed by atoms with Crippen molar-refractivity contribution in [1.29, 1.82) is 0 Å².